The first kappa shape index (κ1) is 16.8. The second-order valence-corrected chi connectivity index (χ2v) is 5.65. The molecule has 1 heterocycles. The Hall–Kier alpha value is -1.30. The molecule has 6 heteroatoms. The normalized spacial score (nSPS) is 20.1. The predicted octanol–water partition coefficient (Wildman–Crippen LogP) is 1.27. The summed E-state index contributed by atoms with van der Waals surface area (Å²) in [5.41, 5.74) is 0. The molecule has 0 aromatic carbocycles. The van der Waals surface area contributed by atoms with Gasteiger partial charge in [-0.25, -0.2) is 9.59 Å². The summed E-state index contributed by atoms with van der Waals surface area (Å²) in [4.78, 5) is 25.3. The van der Waals surface area contributed by atoms with Gasteiger partial charge in [0.1, 0.15) is 6.04 Å². The Morgan fingerprint density at radius 3 is 2.35 bits per heavy atom. The number of nitrogens with one attached hydrogen (secondary N) is 2. The van der Waals surface area contributed by atoms with Crippen LogP contribution in [0.5, 0.6) is 0 Å². The van der Waals surface area contributed by atoms with Crippen LogP contribution < -0.4 is 10.6 Å². The molecule has 0 spiro atoms. The zero-order valence-corrected chi connectivity index (χ0v) is 12.7. The molecule has 1 aliphatic heterocycles. The van der Waals surface area contributed by atoms with E-state index < -0.39 is 18.0 Å². The van der Waals surface area contributed by atoms with Crippen molar-refractivity contribution >= 4 is 12.0 Å². The number of aliphatic carboxylic acids is 1. The molecule has 116 valence electrons. The minimum absolute atomic E-state index is 0.0887. The number of nitrogens with zero attached hydrogens (tertiary/aromatic N) is 1. The first-order chi connectivity index (χ1) is 9.45. The zero-order chi connectivity index (χ0) is 15.1. The quantitative estimate of drug-likeness (QED) is 0.658. The number of carboxylic acids is 1. The van der Waals surface area contributed by atoms with Crippen LogP contribution in [0.2, 0.25) is 0 Å². The fraction of sp³-hybridized carbons (Fsp3) is 0.857. The summed E-state index contributed by atoms with van der Waals surface area (Å²) in [6.07, 6.45) is 3.14. The summed E-state index contributed by atoms with van der Waals surface area (Å²) < 4.78 is 0. The molecule has 2 amide bonds. The highest BCUT2D eigenvalue weighted by molar-refractivity contribution is 5.82. The molecule has 0 aromatic heterocycles. The van der Waals surface area contributed by atoms with Crippen molar-refractivity contribution in [1.29, 1.82) is 0 Å². The van der Waals surface area contributed by atoms with Crippen molar-refractivity contribution in [1.82, 2.24) is 15.5 Å². The Balaban J connectivity index is 2.35. The molecule has 6 nitrogen and oxygen atoms in total. The Labute approximate surface area is 120 Å². The smallest absolute Gasteiger partial charge is 0.326 e. The molecule has 0 saturated carbocycles. The predicted molar refractivity (Wildman–Crippen MR) is 77.7 cm³/mol. The zero-order valence-electron chi connectivity index (χ0n) is 12.7. The van der Waals surface area contributed by atoms with E-state index in [4.69, 9.17) is 5.11 Å². The number of carbonyl (C=O) groups is 2. The highest BCUT2D eigenvalue weighted by atomic mass is 16.4. The minimum Gasteiger partial charge on any atom is -0.480 e. The second kappa shape index (κ2) is 8.09. The fourth-order valence-electron chi connectivity index (χ4n) is 2.43. The maximum Gasteiger partial charge on any atom is 0.326 e. The van der Waals surface area contributed by atoms with Crippen LogP contribution in [-0.4, -0.2) is 53.7 Å². The molecule has 0 radical (unpaired) electrons. The average molecular weight is 285 g/mol. The summed E-state index contributed by atoms with van der Waals surface area (Å²) >= 11 is 0. The number of hydrogen-bond donors (Lipinski definition) is 3. The molecular weight excluding hydrogens is 258 g/mol. The van der Waals surface area contributed by atoms with Crippen LogP contribution in [0.25, 0.3) is 0 Å². The Morgan fingerprint density at radius 1 is 1.25 bits per heavy atom. The molecular formula is C14H27N3O3. The third-order valence-corrected chi connectivity index (χ3v) is 4.09. The second-order valence-electron chi connectivity index (χ2n) is 5.65. The number of rotatable bonds is 7. The van der Waals surface area contributed by atoms with Crippen molar-refractivity contribution in [3.63, 3.8) is 0 Å². The third-order valence-electron chi connectivity index (χ3n) is 4.09. The first-order valence-corrected chi connectivity index (χ1v) is 7.47. The van der Waals surface area contributed by atoms with E-state index in [9.17, 15) is 9.59 Å². The van der Waals surface area contributed by atoms with Crippen LogP contribution in [0.1, 0.15) is 40.0 Å². The maximum absolute atomic E-state index is 11.8. The lowest BCUT2D eigenvalue weighted by Crippen LogP contribution is -2.51. The van der Waals surface area contributed by atoms with Crippen molar-refractivity contribution in [3.8, 4) is 0 Å². The van der Waals surface area contributed by atoms with Crippen molar-refractivity contribution in [2.75, 3.05) is 19.6 Å². The van der Waals surface area contributed by atoms with E-state index in [0.29, 0.717) is 13.0 Å². The number of amides is 2. The lowest BCUT2D eigenvalue weighted by molar-refractivity contribution is -0.140. The lowest BCUT2D eigenvalue weighted by Gasteiger charge is -2.25. The molecule has 3 N–H and O–H groups in total. The minimum atomic E-state index is -0.984. The van der Waals surface area contributed by atoms with Gasteiger partial charge in [0.05, 0.1) is 0 Å². The summed E-state index contributed by atoms with van der Waals surface area (Å²) in [6, 6.07) is -0.944. The van der Waals surface area contributed by atoms with Gasteiger partial charge in [-0.3, -0.25) is 4.90 Å². The van der Waals surface area contributed by atoms with Gasteiger partial charge in [-0.15, -0.1) is 0 Å². The van der Waals surface area contributed by atoms with Gasteiger partial charge in [-0.05, 0) is 38.8 Å². The van der Waals surface area contributed by atoms with Gasteiger partial charge >= 0.3 is 12.0 Å². The van der Waals surface area contributed by atoms with Crippen LogP contribution in [0.3, 0.4) is 0 Å². The Kier molecular flexibility index (Phi) is 6.78. The van der Waals surface area contributed by atoms with Gasteiger partial charge in [-0.1, -0.05) is 20.3 Å². The largest absolute Gasteiger partial charge is 0.480 e. The monoisotopic (exact) mass is 285 g/mol. The molecule has 3 unspecified atom stereocenters. The topological polar surface area (TPSA) is 81.7 Å². The standard InChI is InChI=1S/C14H27N3O3/c1-4-10(2)12(13(18)19)16-14(20)15-9-11(3)17-7-5-6-8-17/h10-12H,4-9H2,1-3H3,(H,18,19)(H2,15,16,20). The van der Waals surface area contributed by atoms with Crippen LogP contribution in [-0.2, 0) is 4.79 Å². The fourth-order valence-corrected chi connectivity index (χ4v) is 2.43. The molecule has 1 saturated heterocycles. The third kappa shape index (κ3) is 5.00. The summed E-state index contributed by atoms with van der Waals surface area (Å²) in [5, 5.41) is 14.4. The first-order valence-electron chi connectivity index (χ1n) is 7.47. The number of carbonyl (C=O) groups excluding carboxylic acids is 1. The summed E-state index contributed by atoms with van der Waals surface area (Å²) in [7, 11) is 0. The number of hydrogen-bond acceptors (Lipinski definition) is 3. The molecule has 0 bridgehead atoms. The van der Waals surface area contributed by atoms with E-state index in [1.165, 1.54) is 12.8 Å². The van der Waals surface area contributed by atoms with E-state index in [0.717, 1.165) is 13.1 Å². The van der Waals surface area contributed by atoms with Gasteiger partial charge in [0.15, 0.2) is 0 Å². The number of carboxylic acid groups (broad SMARTS) is 1. The Bertz CT molecular complexity index is 330. The maximum atomic E-state index is 11.8. The molecule has 1 aliphatic rings. The van der Waals surface area contributed by atoms with Gasteiger partial charge in [0, 0.05) is 12.6 Å². The number of likely N-dealkylation sites (tertiary alicyclic amines) is 1. The summed E-state index contributed by atoms with van der Waals surface area (Å²) in [6.45, 7) is 8.51. The van der Waals surface area contributed by atoms with Gasteiger partial charge in [-0.2, -0.15) is 0 Å². The molecule has 3 atom stereocenters. The van der Waals surface area contributed by atoms with Crippen LogP contribution in [0.15, 0.2) is 0 Å². The van der Waals surface area contributed by atoms with E-state index in [1.54, 1.807) is 0 Å². The van der Waals surface area contributed by atoms with Gasteiger partial charge in [0.2, 0.25) is 0 Å². The van der Waals surface area contributed by atoms with E-state index in [1.807, 2.05) is 13.8 Å². The van der Waals surface area contributed by atoms with E-state index in [-0.39, 0.29) is 12.0 Å². The van der Waals surface area contributed by atoms with E-state index in [2.05, 4.69) is 22.5 Å². The Morgan fingerprint density at radius 2 is 1.85 bits per heavy atom. The van der Waals surface area contributed by atoms with Crippen molar-refractivity contribution in [3.05, 3.63) is 0 Å². The molecule has 20 heavy (non-hydrogen) atoms. The summed E-state index contributed by atoms with van der Waals surface area (Å²) in [5.74, 6) is -1.07. The molecule has 1 rings (SSSR count). The van der Waals surface area contributed by atoms with Crippen LogP contribution >= 0.6 is 0 Å². The highest BCUT2D eigenvalue weighted by Crippen LogP contribution is 2.11. The molecule has 1 fully saturated rings. The molecule has 0 aromatic rings. The van der Waals surface area contributed by atoms with Crippen molar-refractivity contribution in [2.45, 2.75) is 52.1 Å². The van der Waals surface area contributed by atoms with E-state index >= 15 is 0 Å². The van der Waals surface area contributed by atoms with Gasteiger partial charge < -0.3 is 15.7 Å². The number of urea groups is 1. The van der Waals surface area contributed by atoms with Crippen LogP contribution in [0, 0.1) is 5.92 Å². The van der Waals surface area contributed by atoms with Gasteiger partial charge in [0.25, 0.3) is 0 Å². The highest BCUT2D eigenvalue weighted by Gasteiger charge is 2.25. The van der Waals surface area contributed by atoms with Crippen molar-refractivity contribution < 1.29 is 14.7 Å². The average Bonchev–Trinajstić information content (AvgIpc) is 2.95. The SMILES string of the molecule is CCC(C)C(NC(=O)NCC(C)N1CCCC1)C(=O)O. The van der Waals surface area contributed by atoms with Crippen LogP contribution in [0.4, 0.5) is 4.79 Å². The van der Waals surface area contributed by atoms with Crippen molar-refractivity contribution in [2.24, 2.45) is 5.92 Å². The molecule has 0 aliphatic carbocycles. The lowest BCUT2D eigenvalue weighted by atomic mass is 9.99.